The molecule has 2 amide bonds. The minimum absolute atomic E-state index is 0.0251. The SMILES string of the molecule is CCOC(=O)N1CCN(C(=O)c2cc(-c3ccccc3)n(-c3ccc(OCC)cc3)c2C)CC1. The van der Waals surface area contributed by atoms with Gasteiger partial charge in [0.15, 0.2) is 0 Å². The van der Waals surface area contributed by atoms with Crippen molar-refractivity contribution >= 4 is 12.0 Å². The summed E-state index contributed by atoms with van der Waals surface area (Å²) in [6.07, 6.45) is -0.321. The van der Waals surface area contributed by atoms with Crippen LogP contribution in [0.5, 0.6) is 5.75 Å². The molecule has 3 aromatic rings. The van der Waals surface area contributed by atoms with E-state index >= 15 is 0 Å². The highest BCUT2D eigenvalue weighted by Crippen LogP contribution is 2.31. The third-order valence-corrected chi connectivity index (χ3v) is 6.05. The summed E-state index contributed by atoms with van der Waals surface area (Å²) in [5.74, 6) is 0.788. The van der Waals surface area contributed by atoms with E-state index in [1.807, 2.05) is 79.4 Å². The second-order valence-electron chi connectivity index (χ2n) is 8.14. The van der Waals surface area contributed by atoms with Gasteiger partial charge in [0.1, 0.15) is 5.75 Å². The maximum Gasteiger partial charge on any atom is 0.409 e. The Labute approximate surface area is 200 Å². The number of carbonyl (C=O) groups is 2. The fraction of sp³-hybridized carbons (Fsp3) is 0.333. The standard InChI is InChI=1S/C27H31N3O4/c1-4-33-23-13-11-22(12-14-23)30-20(3)24(19-25(30)21-9-7-6-8-10-21)26(31)28-15-17-29(18-16-28)27(32)34-5-2/h6-14,19H,4-5,15-18H2,1-3H3. The molecule has 1 aromatic heterocycles. The molecule has 0 aliphatic carbocycles. The van der Waals surface area contributed by atoms with Gasteiger partial charge >= 0.3 is 6.09 Å². The van der Waals surface area contributed by atoms with Crippen LogP contribution in [0.2, 0.25) is 0 Å². The molecular weight excluding hydrogens is 430 g/mol. The van der Waals surface area contributed by atoms with Crippen LogP contribution in [0.15, 0.2) is 60.7 Å². The minimum Gasteiger partial charge on any atom is -0.494 e. The Morgan fingerprint density at radius 2 is 1.50 bits per heavy atom. The van der Waals surface area contributed by atoms with Crippen LogP contribution in [0.3, 0.4) is 0 Å². The number of ether oxygens (including phenoxy) is 2. The summed E-state index contributed by atoms with van der Waals surface area (Å²) in [5, 5.41) is 0. The summed E-state index contributed by atoms with van der Waals surface area (Å²) in [4.78, 5) is 29.0. The van der Waals surface area contributed by atoms with Crippen molar-refractivity contribution in [3.05, 3.63) is 71.9 Å². The van der Waals surface area contributed by atoms with E-state index < -0.39 is 0 Å². The molecule has 178 valence electrons. The number of carbonyl (C=O) groups excluding carboxylic acids is 2. The smallest absolute Gasteiger partial charge is 0.409 e. The van der Waals surface area contributed by atoms with Crippen molar-refractivity contribution in [3.63, 3.8) is 0 Å². The fourth-order valence-electron chi connectivity index (χ4n) is 4.31. The van der Waals surface area contributed by atoms with E-state index in [1.54, 1.807) is 11.8 Å². The average molecular weight is 462 g/mol. The van der Waals surface area contributed by atoms with E-state index in [0.717, 1.165) is 28.4 Å². The van der Waals surface area contributed by atoms with E-state index in [4.69, 9.17) is 9.47 Å². The molecule has 1 saturated heterocycles. The lowest BCUT2D eigenvalue weighted by Crippen LogP contribution is -2.50. The maximum atomic E-state index is 13.5. The van der Waals surface area contributed by atoms with Crippen molar-refractivity contribution in [2.75, 3.05) is 39.4 Å². The summed E-state index contributed by atoms with van der Waals surface area (Å²) in [5.41, 5.74) is 4.49. The molecule has 0 N–H and O–H groups in total. The fourth-order valence-corrected chi connectivity index (χ4v) is 4.31. The van der Waals surface area contributed by atoms with Crippen LogP contribution in [0.1, 0.15) is 29.9 Å². The summed E-state index contributed by atoms with van der Waals surface area (Å²) in [6, 6.07) is 20.0. The third-order valence-electron chi connectivity index (χ3n) is 6.05. The second-order valence-corrected chi connectivity index (χ2v) is 8.14. The zero-order valence-electron chi connectivity index (χ0n) is 20.0. The van der Waals surface area contributed by atoms with E-state index in [1.165, 1.54) is 0 Å². The van der Waals surface area contributed by atoms with Crippen molar-refractivity contribution in [2.45, 2.75) is 20.8 Å². The summed E-state index contributed by atoms with van der Waals surface area (Å²) in [6.45, 7) is 8.58. The lowest BCUT2D eigenvalue weighted by Gasteiger charge is -2.34. The van der Waals surface area contributed by atoms with Crippen LogP contribution < -0.4 is 4.74 Å². The maximum absolute atomic E-state index is 13.5. The lowest BCUT2D eigenvalue weighted by molar-refractivity contribution is 0.0570. The molecule has 7 heteroatoms. The van der Waals surface area contributed by atoms with Crippen LogP contribution in [-0.2, 0) is 4.74 Å². The van der Waals surface area contributed by atoms with Crippen molar-refractivity contribution < 1.29 is 19.1 Å². The Bertz CT molecular complexity index is 1130. The number of benzene rings is 2. The molecule has 1 aliphatic heterocycles. The molecule has 0 radical (unpaired) electrons. The van der Waals surface area contributed by atoms with Crippen LogP contribution >= 0.6 is 0 Å². The number of aromatic nitrogens is 1. The lowest BCUT2D eigenvalue weighted by atomic mass is 10.1. The number of hydrogen-bond donors (Lipinski definition) is 0. The van der Waals surface area contributed by atoms with Crippen molar-refractivity contribution in [1.82, 2.24) is 14.4 Å². The second kappa shape index (κ2) is 10.5. The molecule has 0 atom stereocenters. The number of piperazine rings is 1. The third kappa shape index (κ3) is 4.78. The molecule has 0 bridgehead atoms. The van der Waals surface area contributed by atoms with E-state index in [2.05, 4.69) is 4.57 Å². The number of nitrogens with zero attached hydrogens (tertiary/aromatic N) is 3. The topological polar surface area (TPSA) is 64.0 Å². The van der Waals surface area contributed by atoms with Gasteiger partial charge in [0, 0.05) is 37.6 Å². The molecule has 2 aromatic carbocycles. The van der Waals surface area contributed by atoms with Gasteiger partial charge in [-0.2, -0.15) is 0 Å². The molecule has 34 heavy (non-hydrogen) atoms. The molecule has 7 nitrogen and oxygen atoms in total. The first-order valence-corrected chi connectivity index (χ1v) is 11.8. The van der Waals surface area contributed by atoms with Gasteiger partial charge in [-0.1, -0.05) is 30.3 Å². The molecule has 1 fully saturated rings. The predicted molar refractivity (Wildman–Crippen MR) is 132 cm³/mol. The Morgan fingerprint density at radius 3 is 2.12 bits per heavy atom. The minimum atomic E-state index is -0.321. The van der Waals surface area contributed by atoms with Gasteiger partial charge in [0.05, 0.1) is 24.5 Å². The quantitative estimate of drug-likeness (QED) is 0.531. The number of amides is 2. The monoisotopic (exact) mass is 461 g/mol. The highest BCUT2D eigenvalue weighted by atomic mass is 16.6. The van der Waals surface area contributed by atoms with Crippen LogP contribution in [0.25, 0.3) is 16.9 Å². The molecule has 2 heterocycles. The van der Waals surface area contributed by atoms with E-state index in [0.29, 0.717) is 45.0 Å². The van der Waals surface area contributed by atoms with Crippen LogP contribution in [0.4, 0.5) is 4.79 Å². The molecule has 4 rings (SSSR count). The number of hydrogen-bond acceptors (Lipinski definition) is 4. The summed E-state index contributed by atoms with van der Waals surface area (Å²) in [7, 11) is 0. The summed E-state index contributed by atoms with van der Waals surface area (Å²) < 4.78 is 12.8. The normalized spacial score (nSPS) is 13.6. The van der Waals surface area contributed by atoms with Gasteiger partial charge in [0.2, 0.25) is 0 Å². The van der Waals surface area contributed by atoms with Gasteiger partial charge in [-0.25, -0.2) is 4.79 Å². The summed E-state index contributed by atoms with van der Waals surface area (Å²) >= 11 is 0. The highest BCUT2D eigenvalue weighted by Gasteiger charge is 2.28. The highest BCUT2D eigenvalue weighted by molar-refractivity contribution is 5.97. The Morgan fingerprint density at radius 1 is 0.853 bits per heavy atom. The number of rotatable bonds is 6. The van der Waals surface area contributed by atoms with Crippen molar-refractivity contribution in [3.8, 4) is 22.7 Å². The van der Waals surface area contributed by atoms with Crippen LogP contribution in [0, 0.1) is 6.92 Å². The first kappa shape index (κ1) is 23.4. The zero-order valence-corrected chi connectivity index (χ0v) is 20.0. The van der Waals surface area contributed by atoms with Gasteiger partial charge in [0.25, 0.3) is 5.91 Å². The van der Waals surface area contributed by atoms with Gasteiger partial charge in [-0.15, -0.1) is 0 Å². The Balaban J connectivity index is 1.65. The van der Waals surface area contributed by atoms with Crippen molar-refractivity contribution in [2.24, 2.45) is 0 Å². The Hall–Kier alpha value is -3.74. The predicted octanol–water partition coefficient (Wildman–Crippen LogP) is 4.77. The molecular formula is C27H31N3O4. The molecule has 1 aliphatic rings. The molecule has 0 spiro atoms. The first-order chi connectivity index (χ1) is 16.5. The van der Waals surface area contributed by atoms with E-state index in [9.17, 15) is 9.59 Å². The Kier molecular flexibility index (Phi) is 7.21. The first-order valence-electron chi connectivity index (χ1n) is 11.8. The largest absolute Gasteiger partial charge is 0.494 e. The van der Waals surface area contributed by atoms with Crippen LogP contribution in [-0.4, -0.2) is 65.8 Å². The van der Waals surface area contributed by atoms with Gasteiger partial charge in [-0.3, -0.25) is 4.79 Å². The average Bonchev–Trinajstić information content (AvgIpc) is 3.22. The van der Waals surface area contributed by atoms with Gasteiger partial charge < -0.3 is 23.8 Å². The molecule has 0 saturated carbocycles. The molecule has 0 unspecified atom stereocenters. The van der Waals surface area contributed by atoms with E-state index in [-0.39, 0.29) is 12.0 Å². The van der Waals surface area contributed by atoms with Gasteiger partial charge in [-0.05, 0) is 56.7 Å². The zero-order chi connectivity index (χ0) is 24.1. The van der Waals surface area contributed by atoms with Crippen molar-refractivity contribution in [1.29, 1.82) is 0 Å².